The van der Waals surface area contributed by atoms with Gasteiger partial charge in [0.25, 0.3) is 11.5 Å². The monoisotopic (exact) mass is 356 g/mol. The van der Waals surface area contributed by atoms with E-state index in [2.05, 4.69) is 15.3 Å². The molecule has 6 nitrogen and oxygen atoms in total. The Morgan fingerprint density at radius 2 is 2.08 bits per heavy atom. The van der Waals surface area contributed by atoms with Crippen LogP contribution in [-0.2, 0) is 0 Å². The fraction of sp³-hybridized carbons (Fsp3) is 0.125. The number of anilines is 1. The average molecular weight is 356 g/mol. The molecule has 0 aliphatic rings. The maximum Gasteiger partial charge on any atom is 0.271 e. The predicted molar refractivity (Wildman–Crippen MR) is 96.4 cm³/mol. The minimum atomic E-state index is -0.498. The summed E-state index contributed by atoms with van der Waals surface area (Å²) in [5.41, 5.74) is 1.53. The Kier molecular flexibility index (Phi) is 3.43. The first-order chi connectivity index (χ1) is 11.5. The lowest BCUT2D eigenvalue weighted by atomic mass is 10.2. The Morgan fingerprint density at radius 1 is 1.25 bits per heavy atom. The highest BCUT2D eigenvalue weighted by Gasteiger charge is 2.16. The van der Waals surface area contributed by atoms with E-state index in [1.807, 2.05) is 32.0 Å². The Hall–Kier alpha value is -2.58. The van der Waals surface area contributed by atoms with Gasteiger partial charge >= 0.3 is 0 Å². The van der Waals surface area contributed by atoms with Crippen molar-refractivity contribution in [1.29, 1.82) is 0 Å². The van der Waals surface area contributed by atoms with Crippen molar-refractivity contribution in [2.45, 2.75) is 13.8 Å². The Morgan fingerprint density at radius 3 is 2.88 bits per heavy atom. The van der Waals surface area contributed by atoms with Crippen molar-refractivity contribution in [2.75, 3.05) is 5.32 Å². The fourth-order valence-corrected chi connectivity index (χ4v) is 4.18. The number of para-hydroxylation sites is 1. The molecule has 1 amide bonds. The van der Waals surface area contributed by atoms with Gasteiger partial charge in [-0.2, -0.15) is 0 Å². The first kappa shape index (κ1) is 15.0. The number of rotatable bonds is 2. The van der Waals surface area contributed by atoms with Crippen molar-refractivity contribution in [3.05, 3.63) is 57.0 Å². The van der Waals surface area contributed by atoms with Gasteiger partial charge in [-0.1, -0.05) is 23.5 Å². The van der Waals surface area contributed by atoms with Crippen molar-refractivity contribution < 1.29 is 4.79 Å². The van der Waals surface area contributed by atoms with Crippen LogP contribution in [0.2, 0.25) is 0 Å². The molecule has 0 aliphatic heterocycles. The summed E-state index contributed by atoms with van der Waals surface area (Å²) in [6, 6.07) is 5.87. The van der Waals surface area contributed by atoms with E-state index >= 15 is 0 Å². The van der Waals surface area contributed by atoms with Gasteiger partial charge in [0.2, 0.25) is 0 Å². The largest absolute Gasteiger partial charge is 0.298 e. The predicted octanol–water partition coefficient (Wildman–Crippen LogP) is 3.23. The van der Waals surface area contributed by atoms with Crippen LogP contribution in [0.1, 0.15) is 20.8 Å². The highest BCUT2D eigenvalue weighted by atomic mass is 32.1. The van der Waals surface area contributed by atoms with E-state index in [1.54, 1.807) is 6.20 Å². The number of carbonyl (C=O) groups is 1. The van der Waals surface area contributed by atoms with Crippen molar-refractivity contribution in [1.82, 2.24) is 14.4 Å². The number of aromatic nitrogens is 3. The zero-order chi connectivity index (χ0) is 16.8. The molecule has 3 heterocycles. The highest BCUT2D eigenvalue weighted by molar-refractivity contribution is 7.22. The second-order valence-corrected chi connectivity index (χ2v) is 7.61. The van der Waals surface area contributed by atoms with Crippen LogP contribution < -0.4 is 10.9 Å². The van der Waals surface area contributed by atoms with Crippen molar-refractivity contribution >= 4 is 48.9 Å². The molecule has 3 aromatic heterocycles. The summed E-state index contributed by atoms with van der Waals surface area (Å²) in [6.07, 6.45) is 3.01. The summed E-state index contributed by atoms with van der Waals surface area (Å²) in [7, 11) is 0. The molecule has 4 aromatic rings. The van der Waals surface area contributed by atoms with Crippen LogP contribution in [0.3, 0.4) is 0 Å². The third-order valence-electron chi connectivity index (χ3n) is 3.61. The quantitative estimate of drug-likeness (QED) is 0.598. The third-order valence-corrected chi connectivity index (χ3v) is 5.46. The number of carbonyl (C=O) groups excluding carboxylic acids is 1. The molecule has 1 aromatic carbocycles. The first-order valence-corrected chi connectivity index (χ1v) is 8.81. The Balaban J connectivity index is 1.72. The lowest BCUT2D eigenvalue weighted by Gasteiger charge is -2.01. The van der Waals surface area contributed by atoms with Crippen molar-refractivity contribution in [2.24, 2.45) is 0 Å². The third kappa shape index (κ3) is 2.40. The number of hydrogen-bond donors (Lipinski definition) is 1. The molecule has 0 bridgehead atoms. The number of fused-ring (bicyclic) bond motifs is 2. The van der Waals surface area contributed by atoms with Crippen LogP contribution in [0.5, 0.6) is 0 Å². The molecule has 1 N–H and O–H groups in total. The molecule has 0 aliphatic carbocycles. The molecule has 120 valence electrons. The van der Waals surface area contributed by atoms with Crippen LogP contribution >= 0.6 is 22.7 Å². The Bertz CT molecular complexity index is 1160. The number of benzene rings is 1. The topological polar surface area (TPSA) is 76.4 Å². The zero-order valence-corrected chi connectivity index (χ0v) is 14.5. The second kappa shape index (κ2) is 5.50. The van der Waals surface area contributed by atoms with Crippen molar-refractivity contribution in [3.63, 3.8) is 0 Å². The number of nitrogens with one attached hydrogen (secondary N) is 1. The Labute approximate surface area is 144 Å². The SMILES string of the molecule is Cc1cn2c(=O)c(C(=O)Nc3nc4c(C)cccc4s3)cnc2s1. The molecule has 0 atom stereocenters. The van der Waals surface area contributed by atoms with Crippen LogP contribution in [0.25, 0.3) is 15.2 Å². The van der Waals surface area contributed by atoms with Gasteiger partial charge in [0, 0.05) is 17.3 Å². The molecule has 0 spiro atoms. The highest BCUT2D eigenvalue weighted by Crippen LogP contribution is 2.28. The summed E-state index contributed by atoms with van der Waals surface area (Å²) in [5, 5.41) is 3.17. The van der Waals surface area contributed by atoms with Crippen LogP contribution in [0, 0.1) is 13.8 Å². The number of hydrogen-bond acceptors (Lipinski definition) is 6. The minimum absolute atomic E-state index is 0.00118. The van der Waals surface area contributed by atoms with Crippen LogP contribution in [0.4, 0.5) is 5.13 Å². The summed E-state index contributed by atoms with van der Waals surface area (Å²) in [6.45, 7) is 3.86. The fourth-order valence-electron chi connectivity index (χ4n) is 2.46. The summed E-state index contributed by atoms with van der Waals surface area (Å²) in [5.74, 6) is -0.498. The molecule has 0 saturated heterocycles. The van der Waals surface area contributed by atoms with Crippen molar-refractivity contribution in [3.8, 4) is 0 Å². The van der Waals surface area contributed by atoms with E-state index in [9.17, 15) is 9.59 Å². The van der Waals surface area contributed by atoms with Gasteiger partial charge in [-0.15, -0.1) is 11.3 Å². The van der Waals surface area contributed by atoms with E-state index in [1.165, 1.54) is 33.3 Å². The van der Waals surface area contributed by atoms with E-state index in [0.717, 1.165) is 20.7 Å². The minimum Gasteiger partial charge on any atom is -0.298 e. The summed E-state index contributed by atoms with van der Waals surface area (Å²) < 4.78 is 2.39. The first-order valence-electron chi connectivity index (χ1n) is 7.18. The molecule has 0 unspecified atom stereocenters. The average Bonchev–Trinajstić information content (AvgIpc) is 3.11. The maximum atomic E-state index is 12.5. The maximum absolute atomic E-state index is 12.5. The van der Waals surface area contributed by atoms with E-state index < -0.39 is 5.91 Å². The van der Waals surface area contributed by atoms with Crippen LogP contribution in [-0.4, -0.2) is 20.3 Å². The standard InChI is InChI=1S/C16H12N4O2S2/c1-8-4-3-5-11-12(8)18-15(24-11)19-13(21)10-6-17-16-20(14(10)22)7-9(2)23-16/h3-7H,1-2H3,(H,18,19,21). The van der Waals surface area contributed by atoms with Gasteiger partial charge < -0.3 is 0 Å². The van der Waals surface area contributed by atoms with Gasteiger partial charge in [0.1, 0.15) is 5.56 Å². The number of aryl methyl sites for hydroxylation is 2. The summed E-state index contributed by atoms with van der Waals surface area (Å²) >= 11 is 2.78. The number of amides is 1. The second-order valence-electron chi connectivity index (χ2n) is 5.37. The molecule has 0 saturated carbocycles. The van der Waals surface area contributed by atoms with Gasteiger partial charge in [0.05, 0.1) is 10.2 Å². The van der Waals surface area contributed by atoms with Gasteiger partial charge in [0.15, 0.2) is 10.1 Å². The molecule has 4 rings (SSSR count). The van der Waals surface area contributed by atoms with Gasteiger partial charge in [-0.3, -0.25) is 19.3 Å². The van der Waals surface area contributed by atoms with E-state index in [4.69, 9.17) is 0 Å². The number of nitrogens with zero attached hydrogens (tertiary/aromatic N) is 3. The molecular weight excluding hydrogens is 344 g/mol. The molecule has 0 fully saturated rings. The van der Waals surface area contributed by atoms with E-state index in [-0.39, 0.29) is 11.1 Å². The molecule has 8 heteroatoms. The molecule has 24 heavy (non-hydrogen) atoms. The lowest BCUT2D eigenvalue weighted by molar-refractivity contribution is 0.102. The van der Waals surface area contributed by atoms with Crippen LogP contribution in [0.15, 0.2) is 35.4 Å². The molecular formula is C16H12N4O2S2. The smallest absolute Gasteiger partial charge is 0.271 e. The molecule has 0 radical (unpaired) electrons. The number of thiazole rings is 2. The lowest BCUT2D eigenvalue weighted by Crippen LogP contribution is -2.25. The zero-order valence-electron chi connectivity index (χ0n) is 12.9. The van der Waals surface area contributed by atoms with Gasteiger partial charge in [-0.05, 0) is 25.5 Å². The normalized spacial score (nSPS) is 11.2. The summed E-state index contributed by atoms with van der Waals surface area (Å²) in [4.78, 5) is 35.1. The van der Waals surface area contributed by atoms with Gasteiger partial charge in [-0.25, -0.2) is 9.97 Å². The van der Waals surface area contributed by atoms with E-state index in [0.29, 0.717) is 10.1 Å².